The van der Waals surface area contributed by atoms with Gasteiger partial charge in [0.25, 0.3) is 0 Å². The molecule has 2 nitrogen and oxygen atoms in total. The highest BCUT2D eigenvalue weighted by molar-refractivity contribution is 7.18. The van der Waals surface area contributed by atoms with Crippen LogP contribution in [0.2, 0.25) is 0 Å². The van der Waals surface area contributed by atoms with Gasteiger partial charge >= 0.3 is 0 Å². The zero-order chi connectivity index (χ0) is 15.6. The first-order valence-corrected chi connectivity index (χ1v) is 9.47. The van der Waals surface area contributed by atoms with Gasteiger partial charge in [-0.3, -0.25) is 4.79 Å². The molecule has 0 amide bonds. The van der Waals surface area contributed by atoms with Crippen molar-refractivity contribution in [1.29, 1.82) is 0 Å². The van der Waals surface area contributed by atoms with Crippen LogP contribution in [-0.4, -0.2) is 10.9 Å². The molecule has 3 aromatic rings. The highest BCUT2D eigenvalue weighted by atomic mass is 32.1. The van der Waals surface area contributed by atoms with Crippen LogP contribution >= 0.6 is 34.0 Å². The van der Waals surface area contributed by atoms with Crippen molar-refractivity contribution in [2.45, 2.75) is 26.4 Å². The molecule has 0 atom stereocenters. The molecule has 0 saturated heterocycles. The van der Waals surface area contributed by atoms with Crippen LogP contribution in [0.5, 0.6) is 0 Å². The molecule has 0 fully saturated rings. The monoisotopic (exact) mass is 346 g/mol. The lowest BCUT2D eigenvalue weighted by atomic mass is 9.77. The largest absolute Gasteiger partial charge is 0.376 e. The minimum absolute atomic E-state index is 0.0535. The van der Waals surface area contributed by atoms with E-state index in [-0.39, 0.29) is 5.78 Å². The quantitative estimate of drug-likeness (QED) is 0.698. The third-order valence-electron chi connectivity index (χ3n) is 4.05. The molecule has 0 spiro atoms. The van der Waals surface area contributed by atoms with Crippen molar-refractivity contribution in [1.82, 2.24) is 0 Å². The fourth-order valence-corrected chi connectivity index (χ4v) is 5.93. The summed E-state index contributed by atoms with van der Waals surface area (Å²) in [6, 6.07) is 5.94. The molecule has 1 aliphatic rings. The molecule has 0 aliphatic heterocycles. The molecule has 3 aromatic heterocycles. The number of ketones is 1. The summed E-state index contributed by atoms with van der Waals surface area (Å²) in [5.74, 6) is 0.0535. The first kappa shape index (κ1) is 14.3. The molecule has 112 valence electrons. The second-order valence-corrected chi connectivity index (χ2v) is 9.31. The van der Waals surface area contributed by atoms with E-state index >= 15 is 0 Å². The van der Waals surface area contributed by atoms with Gasteiger partial charge in [-0.2, -0.15) is 0 Å². The number of hydrogen-bond acceptors (Lipinski definition) is 5. The lowest BCUT2D eigenvalue weighted by Crippen LogP contribution is -2.34. The maximum absolute atomic E-state index is 12.8. The van der Waals surface area contributed by atoms with Gasteiger partial charge < -0.3 is 5.11 Å². The molecule has 4 rings (SSSR count). The zero-order valence-electron chi connectivity index (χ0n) is 12.4. The summed E-state index contributed by atoms with van der Waals surface area (Å²) >= 11 is 4.57. The van der Waals surface area contributed by atoms with E-state index in [0.717, 1.165) is 31.3 Å². The average Bonchev–Trinajstić information content (AvgIpc) is 3.15. The number of rotatable bonds is 1. The Hall–Kier alpha value is -1.27. The van der Waals surface area contributed by atoms with Crippen LogP contribution in [0.3, 0.4) is 0 Å². The van der Waals surface area contributed by atoms with E-state index in [1.807, 2.05) is 44.4 Å². The summed E-state index contributed by atoms with van der Waals surface area (Å²) < 4.78 is 0. The highest BCUT2D eigenvalue weighted by Gasteiger charge is 2.46. The molecule has 1 N–H and O–H groups in total. The fraction of sp³-hybridized carbons (Fsp3) is 0.235. The molecule has 3 heterocycles. The summed E-state index contributed by atoms with van der Waals surface area (Å²) in [7, 11) is 0. The van der Waals surface area contributed by atoms with Gasteiger partial charge in [0.05, 0.1) is 9.75 Å². The number of thiophene rings is 3. The summed E-state index contributed by atoms with van der Waals surface area (Å²) in [6.45, 7) is 5.99. The number of aryl methyl sites for hydroxylation is 3. The van der Waals surface area contributed by atoms with Crippen molar-refractivity contribution >= 4 is 39.8 Å². The minimum Gasteiger partial charge on any atom is -0.376 e. The molecular formula is C17H14O2S3. The molecule has 5 heteroatoms. The molecule has 1 aliphatic carbocycles. The number of carbonyl (C=O) groups excluding carboxylic acids is 1. The second-order valence-electron chi connectivity index (χ2n) is 5.69. The highest BCUT2D eigenvalue weighted by Crippen LogP contribution is 2.50. The standard InChI is InChI=1S/C17H14O2S3/c1-8-4-11(7-20-8)17(19)12-5-9(2)21-15(12)14(18)16-13(17)6-10(3)22-16/h4-7,19H,1-3H3. The third kappa shape index (κ3) is 1.77. The van der Waals surface area contributed by atoms with Crippen LogP contribution in [0.1, 0.15) is 45.9 Å². The van der Waals surface area contributed by atoms with Gasteiger partial charge in [-0.25, -0.2) is 0 Å². The lowest BCUT2D eigenvalue weighted by Gasteiger charge is -2.31. The van der Waals surface area contributed by atoms with E-state index in [1.165, 1.54) is 22.7 Å². The third-order valence-corrected chi connectivity index (χ3v) is 7.01. The minimum atomic E-state index is -1.21. The van der Waals surface area contributed by atoms with Crippen LogP contribution in [0.4, 0.5) is 0 Å². The average molecular weight is 346 g/mol. The van der Waals surface area contributed by atoms with Gasteiger partial charge in [0.15, 0.2) is 0 Å². The van der Waals surface area contributed by atoms with E-state index in [4.69, 9.17) is 0 Å². The Balaban J connectivity index is 2.10. The molecule has 0 unspecified atom stereocenters. The maximum atomic E-state index is 12.8. The summed E-state index contributed by atoms with van der Waals surface area (Å²) in [6.07, 6.45) is 0. The van der Waals surface area contributed by atoms with Crippen LogP contribution in [0.15, 0.2) is 23.6 Å². The molecule has 0 saturated carbocycles. The molecular weight excluding hydrogens is 332 g/mol. The van der Waals surface area contributed by atoms with Crippen molar-refractivity contribution in [2.24, 2.45) is 0 Å². The number of fused-ring (bicyclic) bond motifs is 2. The Kier molecular flexibility index (Phi) is 3.01. The summed E-state index contributed by atoms with van der Waals surface area (Å²) in [4.78, 5) is 17.4. The van der Waals surface area contributed by atoms with Gasteiger partial charge in [-0.05, 0) is 44.4 Å². The Morgan fingerprint density at radius 2 is 1.45 bits per heavy atom. The van der Waals surface area contributed by atoms with Gasteiger partial charge in [0.2, 0.25) is 5.78 Å². The maximum Gasteiger partial charge on any atom is 0.213 e. The van der Waals surface area contributed by atoms with E-state index < -0.39 is 5.60 Å². The van der Waals surface area contributed by atoms with Crippen LogP contribution in [0.25, 0.3) is 0 Å². The zero-order valence-corrected chi connectivity index (χ0v) is 14.8. The van der Waals surface area contributed by atoms with Crippen molar-refractivity contribution < 1.29 is 9.90 Å². The Morgan fingerprint density at radius 1 is 0.909 bits per heavy atom. The lowest BCUT2D eigenvalue weighted by molar-refractivity contribution is 0.0965. The van der Waals surface area contributed by atoms with Crippen molar-refractivity contribution in [3.05, 3.63) is 64.7 Å². The Bertz CT molecular complexity index is 860. The number of carbonyl (C=O) groups is 1. The topological polar surface area (TPSA) is 37.3 Å². The number of aliphatic hydroxyl groups is 1. The van der Waals surface area contributed by atoms with Gasteiger partial charge in [0, 0.05) is 31.3 Å². The van der Waals surface area contributed by atoms with Crippen molar-refractivity contribution in [3.8, 4) is 0 Å². The first-order valence-electron chi connectivity index (χ1n) is 6.95. The van der Waals surface area contributed by atoms with E-state index in [9.17, 15) is 9.90 Å². The molecule has 0 aromatic carbocycles. The normalized spacial score (nSPS) is 15.7. The van der Waals surface area contributed by atoms with Crippen LogP contribution in [0, 0.1) is 20.8 Å². The Labute approximate surface area is 140 Å². The van der Waals surface area contributed by atoms with E-state index in [0.29, 0.717) is 9.75 Å². The predicted molar refractivity (Wildman–Crippen MR) is 92.7 cm³/mol. The molecule has 22 heavy (non-hydrogen) atoms. The summed E-state index contributed by atoms with van der Waals surface area (Å²) in [5.41, 5.74) is 1.13. The van der Waals surface area contributed by atoms with Crippen LogP contribution in [-0.2, 0) is 5.60 Å². The van der Waals surface area contributed by atoms with E-state index in [2.05, 4.69) is 0 Å². The van der Waals surface area contributed by atoms with E-state index in [1.54, 1.807) is 11.3 Å². The predicted octanol–water partition coefficient (Wildman–Crippen LogP) is 4.62. The first-order chi connectivity index (χ1) is 10.4. The van der Waals surface area contributed by atoms with Gasteiger partial charge in [0.1, 0.15) is 5.60 Å². The van der Waals surface area contributed by atoms with Gasteiger partial charge in [-0.1, -0.05) is 0 Å². The molecule has 0 radical (unpaired) electrons. The van der Waals surface area contributed by atoms with Crippen molar-refractivity contribution in [2.75, 3.05) is 0 Å². The van der Waals surface area contributed by atoms with Crippen LogP contribution < -0.4 is 0 Å². The smallest absolute Gasteiger partial charge is 0.213 e. The van der Waals surface area contributed by atoms with Gasteiger partial charge in [-0.15, -0.1) is 34.0 Å². The second kappa shape index (κ2) is 4.61. The SMILES string of the molecule is Cc1cc(C2(O)c3cc(C)sc3C(=O)c3sc(C)cc32)cs1. The number of hydrogen-bond donors (Lipinski definition) is 1. The summed E-state index contributed by atoms with van der Waals surface area (Å²) in [5, 5.41) is 13.7. The fourth-order valence-electron chi connectivity index (χ4n) is 3.10. The Morgan fingerprint density at radius 3 is 1.91 bits per heavy atom. The van der Waals surface area contributed by atoms with Crippen molar-refractivity contribution in [3.63, 3.8) is 0 Å². The molecule has 0 bridgehead atoms.